The first-order valence-electron chi connectivity index (χ1n) is 7.06. The second-order valence-corrected chi connectivity index (χ2v) is 5.05. The summed E-state index contributed by atoms with van der Waals surface area (Å²) in [6.07, 6.45) is 3.93. The highest BCUT2D eigenvalue weighted by molar-refractivity contribution is 6.30. The number of hydrazone groups is 1. The Bertz CT molecular complexity index is 582. The van der Waals surface area contributed by atoms with E-state index in [1.54, 1.807) is 6.21 Å². The molecule has 4 heteroatoms. The SMILES string of the molecule is CCCCOc1ccccc1C=NNc1ccc(Cl)cc1. The second-order valence-electron chi connectivity index (χ2n) is 4.62. The molecule has 2 aromatic carbocycles. The van der Waals surface area contributed by atoms with E-state index in [9.17, 15) is 0 Å². The largest absolute Gasteiger partial charge is 0.493 e. The maximum absolute atomic E-state index is 5.84. The fourth-order valence-corrected chi connectivity index (χ4v) is 1.87. The van der Waals surface area contributed by atoms with Crippen LogP contribution >= 0.6 is 11.6 Å². The number of hydrogen-bond donors (Lipinski definition) is 1. The molecule has 0 aliphatic carbocycles. The number of rotatable bonds is 7. The Balaban J connectivity index is 1.98. The van der Waals surface area contributed by atoms with Crippen LogP contribution in [-0.4, -0.2) is 12.8 Å². The highest BCUT2D eigenvalue weighted by atomic mass is 35.5. The van der Waals surface area contributed by atoms with Gasteiger partial charge in [-0.05, 0) is 42.8 Å². The van der Waals surface area contributed by atoms with E-state index >= 15 is 0 Å². The summed E-state index contributed by atoms with van der Waals surface area (Å²) < 4.78 is 5.76. The van der Waals surface area contributed by atoms with Gasteiger partial charge < -0.3 is 4.74 Å². The number of hydrogen-bond acceptors (Lipinski definition) is 3. The van der Waals surface area contributed by atoms with Crippen molar-refractivity contribution in [2.24, 2.45) is 5.10 Å². The summed E-state index contributed by atoms with van der Waals surface area (Å²) in [6.45, 7) is 2.87. The zero-order valence-electron chi connectivity index (χ0n) is 12.1. The maximum atomic E-state index is 5.84. The monoisotopic (exact) mass is 302 g/mol. The summed E-state index contributed by atoms with van der Waals surface area (Å²) >= 11 is 5.84. The average molecular weight is 303 g/mol. The predicted octanol–water partition coefficient (Wildman–Crippen LogP) is 4.96. The molecule has 0 saturated carbocycles. The van der Waals surface area contributed by atoms with Gasteiger partial charge >= 0.3 is 0 Å². The highest BCUT2D eigenvalue weighted by Gasteiger charge is 1.99. The fourth-order valence-electron chi connectivity index (χ4n) is 1.75. The van der Waals surface area contributed by atoms with Crippen LogP contribution in [0.1, 0.15) is 25.3 Å². The van der Waals surface area contributed by atoms with E-state index in [0.717, 1.165) is 36.4 Å². The highest BCUT2D eigenvalue weighted by Crippen LogP contribution is 2.17. The lowest BCUT2D eigenvalue weighted by Gasteiger charge is -2.08. The molecule has 0 atom stereocenters. The van der Waals surface area contributed by atoms with Gasteiger partial charge in [0.15, 0.2) is 0 Å². The number of nitrogens with zero attached hydrogens (tertiary/aromatic N) is 1. The molecule has 0 fully saturated rings. The van der Waals surface area contributed by atoms with Crippen LogP contribution in [0.2, 0.25) is 5.02 Å². The van der Waals surface area contributed by atoms with Gasteiger partial charge in [-0.25, -0.2) is 0 Å². The first kappa shape index (κ1) is 15.4. The van der Waals surface area contributed by atoms with E-state index in [2.05, 4.69) is 17.5 Å². The van der Waals surface area contributed by atoms with Gasteiger partial charge in [0, 0.05) is 10.6 Å². The predicted molar refractivity (Wildman–Crippen MR) is 89.5 cm³/mol. The van der Waals surface area contributed by atoms with E-state index in [1.165, 1.54) is 0 Å². The summed E-state index contributed by atoms with van der Waals surface area (Å²) in [5.74, 6) is 0.854. The van der Waals surface area contributed by atoms with Crippen molar-refractivity contribution in [3.63, 3.8) is 0 Å². The van der Waals surface area contributed by atoms with Gasteiger partial charge in [0.1, 0.15) is 5.75 Å². The number of unbranched alkanes of at least 4 members (excludes halogenated alkanes) is 1. The lowest BCUT2D eigenvalue weighted by atomic mass is 10.2. The van der Waals surface area contributed by atoms with E-state index in [0.29, 0.717) is 5.02 Å². The summed E-state index contributed by atoms with van der Waals surface area (Å²) in [5, 5.41) is 4.94. The standard InChI is InChI=1S/C17H19ClN2O/c1-2-3-12-21-17-7-5-4-6-14(17)13-19-20-16-10-8-15(18)9-11-16/h4-11,13,20H,2-3,12H2,1H3. The van der Waals surface area contributed by atoms with Gasteiger partial charge in [-0.15, -0.1) is 0 Å². The molecule has 0 radical (unpaired) electrons. The average Bonchev–Trinajstić information content (AvgIpc) is 2.51. The number of halogens is 1. The Hall–Kier alpha value is -2.00. The van der Waals surface area contributed by atoms with E-state index in [1.807, 2.05) is 48.5 Å². The van der Waals surface area contributed by atoms with E-state index in [4.69, 9.17) is 16.3 Å². The molecular weight excluding hydrogens is 284 g/mol. The molecule has 0 aromatic heterocycles. The van der Waals surface area contributed by atoms with Gasteiger partial charge in [-0.3, -0.25) is 5.43 Å². The van der Waals surface area contributed by atoms with Crippen LogP contribution in [0.15, 0.2) is 53.6 Å². The Morgan fingerprint density at radius 3 is 2.67 bits per heavy atom. The van der Waals surface area contributed by atoms with Crippen LogP contribution in [0, 0.1) is 0 Å². The van der Waals surface area contributed by atoms with E-state index < -0.39 is 0 Å². The van der Waals surface area contributed by atoms with Crippen molar-refractivity contribution in [3.8, 4) is 5.75 Å². The molecule has 1 N–H and O–H groups in total. The molecule has 0 aliphatic rings. The van der Waals surface area contributed by atoms with Crippen molar-refractivity contribution in [2.45, 2.75) is 19.8 Å². The lowest BCUT2D eigenvalue weighted by Crippen LogP contribution is -2.00. The molecule has 21 heavy (non-hydrogen) atoms. The second kappa shape index (κ2) is 8.32. The minimum absolute atomic E-state index is 0.708. The summed E-state index contributed by atoms with van der Waals surface area (Å²) in [5.41, 5.74) is 4.81. The third kappa shape index (κ3) is 5.12. The van der Waals surface area contributed by atoms with Gasteiger partial charge in [0.05, 0.1) is 18.5 Å². The molecule has 2 aromatic rings. The Labute approximate surface area is 130 Å². The molecule has 2 rings (SSSR count). The Morgan fingerprint density at radius 2 is 1.90 bits per heavy atom. The summed E-state index contributed by atoms with van der Waals surface area (Å²) in [4.78, 5) is 0. The normalized spacial score (nSPS) is 10.8. The first-order valence-corrected chi connectivity index (χ1v) is 7.44. The number of nitrogens with one attached hydrogen (secondary N) is 1. The molecule has 0 bridgehead atoms. The molecule has 0 unspecified atom stereocenters. The molecule has 0 aliphatic heterocycles. The third-order valence-corrected chi connectivity index (χ3v) is 3.17. The van der Waals surface area contributed by atoms with Gasteiger partial charge in [-0.1, -0.05) is 37.1 Å². The zero-order valence-corrected chi connectivity index (χ0v) is 12.8. The van der Waals surface area contributed by atoms with Gasteiger partial charge in [0.2, 0.25) is 0 Å². The molecule has 3 nitrogen and oxygen atoms in total. The quantitative estimate of drug-likeness (QED) is 0.445. The van der Waals surface area contributed by atoms with E-state index in [-0.39, 0.29) is 0 Å². The molecule has 0 amide bonds. The Kier molecular flexibility index (Phi) is 6.10. The van der Waals surface area contributed by atoms with Crippen LogP contribution in [0.3, 0.4) is 0 Å². The van der Waals surface area contributed by atoms with Crippen LogP contribution < -0.4 is 10.2 Å². The third-order valence-electron chi connectivity index (χ3n) is 2.92. The lowest BCUT2D eigenvalue weighted by molar-refractivity contribution is 0.309. The van der Waals surface area contributed by atoms with Crippen molar-refractivity contribution >= 4 is 23.5 Å². The zero-order chi connectivity index (χ0) is 14.9. The minimum atomic E-state index is 0.708. The summed E-state index contributed by atoms with van der Waals surface area (Å²) in [7, 11) is 0. The fraction of sp³-hybridized carbons (Fsp3) is 0.235. The number of anilines is 1. The molecular formula is C17H19ClN2O. The van der Waals surface area contributed by atoms with Gasteiger partial charge in [0.25, 0.3) is 0 Å². The van der Waals surface area contributed by atoms with Crippen LogP contribution in [-0.2, 0) is 0 Å². The van der Waals surface area contributed by atoms with Crippen molar-refractivity contribution in [2.75, 3.05) is 12.0 Å². The minimum Gasteiger partial charge on any atom is -0.493 e. The molecule has 0 saturated heterocycles. The Morgan fingerprint density at radius 1 is 1.14 bits per heavy atom. The molecule has 0 spiro atoms. The number of benzene rings is 2. The summed E-state index contributed by atoms with van der Waals surface area (Å²) in [6, 6.07) is 15.3. The topological polar surface area (TPSA) is 33.6 Å². The smallest absolute Gasteiger partial charge is 0.128 e. The molecule has 110 valence electrons. The van der Waals surface area contributed by atoms with Crippen molar-refractivity contribution in [1.82, 2.24) is 0 Å². The van der Waals surface area contributed by atoms with Crippen LogP contribution in [0.4, 0.5) is 5.69 Å². The van der Waals surface area contributed by atoms with Crippen molar-refractivity contribution in [1.29, 1.82) is 0 Å². The number of para-hydroxylation sites is 1. The van der Waals surface area contributed by atoms with Crippen LogP contribution in [0.25, 0.3) is 0 Å². The van der Waals surface area contributed by atoms with Crippen molar-refractivity contribution in [3.05, 3.63) is 59.1 Å². The maximum Gasteiger partial charge on any atom is 0.128 e. The van der Waals surface area contributed by atoms with Gasteiger partial charge in [-0.2, -0.15) is 5.10 Å². The van der Waals surface area contributed by atoms with Crippen molar-refractivity contribution < 1.29 is 4.74 Å². The molecule has 0 heterocycles. The first-order chi connectivity index (χ1) is 10.3. The van der Waals surface area contributed by atoms with Crippen LogP contribution in [0.5, 0.6) is 5.75 Å². The number of ether oxygens (including phenoxy) is 1.